The number of benzene rings is 1. The molecule has 230 valence electrons. The molecule has 1 aromatic carbocycles. The van der Waals surface area contributed by atoms with E-state index in [-0.39, 0.29) is 47.8 Å². The zero-order chi connectivity index (χ0) is 29.8. The van der Waals surface area contributed by atoms with Crippen LogP contribution in [0.25, 0.3) is 0 Å². The number of esters is 1. The third-order valence-electron chi connectivity index (χ3n) is 12.6. The first-order valence-electron chi connectivity index (χ1n) is 15.4. The van der Waals surface area contributed by atoms with Crippen molar-refractivity contribution in [3.63, 3.8) is 0 Å². The molecule has 1 saturated heterocycles. The fourth-order valence-corrected chi connectivity index (χ4v) is 11.6. The van der Waals surface area contributed by atoms with Gasteiger partial charge in [0.05, 0.1) is 29.6 Å². The van der Waals surface area contributed by atoms with E-state index in [9.17, 15) is 19.8 Å². The molecule has 6 fully saturated rings. The predicted molar refractivity (Wildman–Crippen MR) is 152 cm³/mol. The lowest BCUT2D eigenvalue weighted by atomic mass is 9.44. The Kier molecular flexibility index (Phi) is 6.46. The number of carbonyl (C=O) groups is 2. The smallest absolute Gasteiger partial charge is 0.340 e. The number of para-hydroxylation sites is 1. The lowest BCUT2D eigenvalue weighted by Crippen LogP contribution is -2.83. The van der Waals surface area contributed by atoms with Crippen LogP contribution < -0.4 is 5.32 Å². The molecule has 6 aliphatic rings. The number of carbonyl (C=O) groups excluding carboxylic acids is 2. The van der Waals surface area contributed by atoms with Crippen molar-refractivity contribution >= 4 is 17.6 Å². The highest BCUT2D eigenvalue weighted by molar-refractivity contribution is 6.00. The Hall–Kier alpha value is -2.08. The second-order valence-corrected chi connectivity index (χ2v) is 13.7. The average molecular weight is 585 g/mol. The van der Waals surface area contributed by atoms with Crippen LogP contribution in [0.1, 0.15) is 56.3 Å². The largest absolute Gasteiger partial charge is 0.454 e. The lowest BCUT2D eigenvalue weighted by Gasteiger charge is -2.70. The maximum atomic E-state index is 14.0. The van der Waals surface area contributed by atoms with Crippen molar-refractivity contribution < 1.29 is 38.7 Å². The second-order valence-electron chi connectivity index (χ2n) is 13.7. The van der Waals surface area contributed by atoms with Gasteiger partial charge in [-0.05, 0) is 44.4 Å². The van der Waals surface area contributed by atoms with E-state index in [2.05, 4.69) is 17.1 Å². The molecule has 5 saturated carbocycles. The summed E-state index contributed by atoms with van der Waals surface area (Å²) in [7, 11) is 5.05. The van der Waals surface area contributed by atoms with Crippen LogP contribution in [0.2, 0.25) is 0 Å². The Morgan fingerprint density at radius 3 is 2.50 bits per heavy atom. The van der Waals surface area contributed by atoms with Gasteiger partial charge in [0, 0.05) is 76.3 Å². The van der Waals surface area contributed by atoms with Crippen molar-refractivity contribution in [3.8, 4) is 0 Å². The van der Waals surface area contributed by atoms with Crippen molar-refractivity contribution in [2.24, 2.45) is 29.1 Å². The van der Waals surface area contributed by atoms with Crippen molar-refractivity contribution in [2.75, 3.05) is 39.7 Å². The van der Waals surface area contributed by atoms with Crippen LogP contribution in [0.15, 0.2) is 24.3 Å². The highest BCUT2D eigenvalue weighted by atomic mass is 16.6. The van der Waals surface area contributed by atoms with Gasteiger partial charge in [-0.15, -0.1) is 0 Å². The van der Waals surface area contributed by atoms with E-state index in [1.807, 2.05) is 0 Å². The SMILES string of the molecule is CCN1C[C@]2(OC(=O)c3ccccc3NC(C)=O)CC[C@H](OC)[C@]34[C@@H]1[C@H](C[C@@H]23)[C@@]1(O)C[C@H](OC)[C@@H]2C[C@@H]4[C@]1(O)[C@H]2OC. The summed E-state index contributed by atoms with van der Waals surface area (Å²) < 4.78 is 25.1. The number of likely N-dealkylation sites (tertiary alicyclic amines) is 1. The first-order chi connectivity index (χ1) is 20.1. The highest BCUT2D eigenvalue weighted by Crippen LogP contribution is 2.79. The van der Waals surface area contributed by atoms with Gasteiger partial charge in [-0.25, -0.2) is 4.79 Å². The number of rotatable bonds is 7. The molecule has 3 N–H and O–H groups in total. The van der Waals surface area contributed by atoms with Gasteiger partial charge in [0.25, 0.3) is 0 Å². The van der Waals surface area contributed by atoms with Crippen LogP contribution in [-0.2, 0) is 23.7 Å². The molecular formula is C32H44N2O8. The fourth-order valence-electron chi connectivity index (χ4n) is 11.6. The number of anilines is 1. The molecule has 12 atom stereocenters. The number of piperidine rings is 1. The molecule has 1 aliphatic heterocycles. The Morgan fingerprint density at radius 1 is 1.07 bits per heavy atom. The minimum absolute atomic E-state index is 0.0432. The molecule has 7 rings (SSSR count). The number of nitrogens with zero attached hydrogens (tertiary/aromatic N) is 1. The van der Waals surface area contributed by atoms with Crippen molar-refractivity contribution in [1.82, 2.24) is 4.90 Å². The Labute approximate surface area is 247 Å². The second kappa shape index (κ2) is 9.46. The fraction of sp³-hybridized carbons (Fsp3) is 0.750. The number of ether oxygens (including phenoxy) is 4. The van der Waals surface area contributed by atoms with E-state index in [1.165, 1.54) is 6.92 Å². The van der Waals surface area contributed by atoms with Gasteiger partial charge in [-0.3, -0.25) is 9.69 Å². The number of hydrogen-bond acceptors (Lipinski definition) is 9. The van der Waals surface area contributed by atoms with Crippen LogP contribution in [-0.4, -0.2) is 103 Å². The number of likely N-dealkylation sites (N-methyl/N-ethyl adjacent to an activating group) is 1. The maximum Gasteiger partial charge on any atom is 0.340 e. The van der Waals surface area contributed by atoms with Crippen molar-refractivity contribution in [2.45, 2.75) is 87.1 Å². The molecule has 1 amide bonds. The van der Waals surface area contributed by atoms with E-state index in [0.29, 0.717) is 56.4 Å². The van der Waals surface area contributed by atoms with Crippen LogP contribution in [0, 0.1) is 29.1 Å². The minimum Gasteiger partial charge on any atom is -0.454 e. The molecule has 1 heterocycles. The molecule has 10 heteroatoms. The molecule has 42 heavy (non-hydrogen) atoms. The highest BCUT2D eigenvalue weighted by Gasteiger charge is 2.89. The van der Waals surface area contributed by atoms with Crippen LogP contribution in [0.5, 0.6) is 0 Å². The van der Waals surface area contributed by atoms with Gasteiger partial charge in [0.1, 0.15) is 16.8 Å². The number of nitrogens with one attached hydrogen (secondary N) is 1. The summed E-state index contributed by atoms with van der Waals surface area (Å²) in [5.74, 6) is -1.54. The summed E-state index contributed by atoms with van der Waals surface area (Å²) in [6.07, 6.45) is 1.91. The topological polar surface area (TPSA) is 127 Å². The summed E-state index contributed by atoms with van der Waals surface area (Å²) >= 11 is 0. The summed E-state index contributed by atoms with van der Waals surface area (Å²) in [4.78, 5) is 28.3. The molecule has 0 radical (unpaired) electrons. The van der Waals surface area contributed by atoms with E-state index in [0.717, 1.165) is 0 Å². The van der Waals surface area contributed by atoms with Crippen molar-refractivity contribution in [1.29, 1.82) is 0 Å². The Morgan fingerprint density at radius 2 is 1.83 bits per heavy atom. The van der Waals surface area contributed by atoms with Gasteiger partial charge < -0.3 is 34.5 Å². The Bertz CT molecular complexity index is 1290. The summed E-state index contributed by atoms with van der Waals surface area (Å²) in [5, 5.41) is 28.4. The molecule has 5 aliphatic carbocycles. The average Bonchev–Trinajstić information content (AvgIpc) is 3.39. The van der Waals surface area contributed by atoms with E-state index in [4.69, 9.17) is 18.9 Å². The summed E-state index contributed by atoms with van der Waals surface area (Å²) in [6.45, 7) is 4.79. The molecule has 7 bridgehead atoms. The third-order valence-corrected chi connectivity index (χ3v) is 12.6. The summed E-state index contributed by atoms with van der Waals surface area (Å²) in [5.41, 5.74) is -3.57. The number of fused-ring (bicyclic) bond motifs is 2. The summed E-state index contributed by atoms with van der Waals surface area (Å²) in [6, 6.07) is 6.89. The molecule has 1 aromatic rings. The maximum absolute atomic E-state index is 14.0. The monoisotopic (exact) mass is 584 g/mol. The standard InChI is InChI=1S/C32H44N2O8/c1-6-34-16-29(42-28(36)18-9-7-8-10-21(18)33-17(2)35)12-11-25(40-4)31-23(29)14-20(26(31)34)30(37)15-22(39-3)19-13-24(31)32(30,38)27(19)41-5/h7-10,19-20,22-27,37-38H,6,11-16H2,1-5H3,(H,33,35)/t19-,20-,22-,23-,24-,25-,26-,27-,29+,30-,31-,32-/m0/s1. The number of methoxy groups -OCH3 is 3. The van der Waals surface area contributed by atoms with Gasteiger partial charge >= 0.3 is 5.97 Å². The van der Waals surface area contributed by atoms with E-state index < -0.39 is 34.3 Å². The normalized spacial score (nSPS) is 48.2. The zero-order valence-electron chi connectivity index (χ0n) is 25.2. The molecule has 0 unspecified atom stereocenters. The van der Waals surface area contributed by atoms with Crippen molar-refractivity contribution in [3.05, 3.63) is 29.8 Å². The van der Waals surface area contributed by atoms with Gasteiger partial charge in [0.2, 0.25) is 5.91 Å². The number of aliphatic hydroxyl groups is 2. The predicted octanol–water partition coefficient (Wildman–Crippen LogP) is 2.22. The molecule has 0 aromatic heterocycles. The van der Waals surface area contributed by atoms with E-state index >= 15 is 0 Å². The molecule has 10 nitrogen and oxygen atoms in total. The van der Waals surface area contributed by atoms with Gasteiger partial charge in [-0.1, -0.05) is 19.1 Å². The minimum atomic E-state index is -1.48. The molecular weight excluding hydrogens is 540 g/mol. The van der Waals surface area contributed by atoms with E-state index in [1.54, 1.807) is 45.6 Å². The zero-order valence-corrected chi connectivity index (χ0v) is 25.2. The van der Waals surface area contributed by atoms with Gasteiger partial charge in [-0.2, -0.15) is 0 Å². The first kappa shape index (κ1) is 28.7. The number of amides is 1. The molecule has 1 spiro atoms. The van der Waals surface area contributed by atoms with Gasteiger partial charge in [0.15, 0.2) is 0 Å². The quantitative estimate of drug-likeness (QED) is 0.414. The number of hydrogen-bond donors (Lipinski definition) is 3. The first-order valence-corrected chi connectivity index (χ1v) is 15.4. The Balaban J connectivity index is 1.38. The van der Waals surface area contributed by atoms with Crippen LogP contribution in [0.3, 0.4) is 0 Å². The van der Waals surface area contributed by atoms with Crippen LogP contribution in [0.4, 0.5) is 5.69 Å². The lowest BCUT2D eigenvalue weighted by molar-refractivity contribution is -0.337. The third kappa shape index (κ3) is 3.21. The van der Waals surface area contributed by atoms with Crippen LogP contribution >= 0.6 is 0 Å².